The minimum absolute atomic E-state index is 0.761. The third kappa shape index (κ3) is 2.38. The van der Waals surface area contributed by atoms with Gasteiger partial charge in [-0.25, -0.2) is 0 Å². The maximum Gasteiger partial charge on any atom is 0.128 e. The van der Waals surface area contributed by atoms with Crippen LogP contribution in [0.15, 0.2) is 54.6 Å². The first-order chi connectivity index (χ1) is 7.38. The first-order valence-corrected chi connectivity index (χ1v) is 4.68. The van der Waals surface area contributed by atoms with Gasteiger partial charge in [-0.15, -0.1) is 6.42 Å². The van der Waals surface area contributed by atoms with Crippen LogP contribution < -0.4 is 4.74 Å². The average Bonchev–Trinajstić information content (AvgIpc) is 2.31. The van der Waals surface area contributed by atoms with E-state index in [1.54, 1.807) is 0 Å². The smallest absolute Gasteiger partial charge is 0.128 e. The topological polar surface area (TPSA) is 9.23 Å². The van der Waals surface area contributed by atoms with E-state index in [0.717, 1.165) is 17.1 Å². The Morgan fingerprint density at radius 3 is 2.33 bits per heavy atom. The zero-order valence-electron chi connectivity index (χ0n) is 8.18. The molecule has 0 aromatic heterocycles. The molecule has 2 rings (SSSR count). The number of para-hydroxylation sites is 1. The molecule has 0 fully saturated rings. The molecular formula is C14H10O. The van der Waals surface area contributed by atoms with Crippen molar-refractivity contribution in [2.45, 2.75) is 0 Å². The summed E-state index contributed by atoms with van der Waals surface area (Å²) >= 11 is 0. The van der Waals surface area contributed by atoms with Crippen molar-refractivity contribution in [3.63, 3.8) is 0 Å². The molecule has 0 unspecified atom stereocenters. The molecule has 0 spiro atoms. The van der Waals surface area contributed by atoms with E-state index in [1.807, 2.05) is 54.6 Å². The van der Waals surface area contributed by atoms with Crippen molar-refractivity contribution in [2.75, 3.05) is 0 Å². The highest BCUT2D eigenvalue weighted by Gasteiger charge is 1.96. The summed E-state index contributed by atoms with van der Waals surface area (Å²) in [5.74, 6) is 4.15. The first-order valence-electron chi connectivity index (χ1n) is 4.68. The fourth-order valence-electron chi connectivity index (χ4n) is 1.27. The van der Waals surface area contributed by atoms with Gasteiger partial charge in [0.05, 0.1) is 0 Å². The summed E-state index contributed by atoms with van der Waals surface area (Å²) in [5, 5.41) is 0. The summed E-state index contributed by atoms with van der Waals surface area (Å²) in [6.07, 6.45) is 5.31. The van der Waals surface area contributed by atoms with Crippen molar-refractivity contribution in [2.24, 2.45) is 0 Å². The Kier molecular flexibility index (Phi) is 2.71. The predicted octanol–water partition coefficient (Wildman–Crippen LogP) is 3.46. The van der Waals surface area contributed by atoms with Gasteiger partial charge < -0.3 is 4.74 Å². The standard InChI is InChI=1S/C14H10O/c1-2-12-7-6-10-14(11-12)15-13-8-4-3-5-9-13/h1,3-11H. The molecule has 0 aliphatic heterocycles. The monoisotopic (exact) mass is 194 g/mol. The van der Waals surface area contributed by atoms with Crippen LogP contribution in [0, 0.1) is 12.3 Å². The molecule has 0 radical (unpaired) electrons. The molecule has 0 bridgehead atoms. The van der Waals surface area contributed by atoms with E-state index in [0.29, 0.717) is 0 Å². The molecule has 1 heteroatoms. The van der Waals surface area contributed by atoms with E-state index in [9.17, 15) is 0 Å². The zero-order chi connectivity index (χ0) is 10.5. The van der Waals surface area contributed by atoms with Crippen LogP contribution in [0.25, 0.3) is 0 Å². The van der Waals surface area contributed by atoms with E-state index in [-0.39, 0.29) is 0 Å². The van der Waals surface area contributed by atoms with Gasteiger partial charge in [0.2, 0.25) is 0 Å². The van der Waals surface area contributed by atoms with Crippen molar-refractivity contribution >= 4 is 0 Å². The molecule has 0 amide bonds. The van der Waals surface area contributed by atoms with Gasteiger partial charge in [0.25, 0.3) is 0 Å². The summed E-state index contributed by atoms with van der Waals surface area (Å²) < 4.78 is 5.63. The van der Waals surface area contributed by atoms with E-state index >= 15 is 0 Å². The molecule has 0 atom stereocenters. The highest BCUT2D eigenvalue weighted by atomic mass is 16.5. The van der Waals surface area contributed by atoms with E-state index < -0.39 is 0 Å². The van der Waals surface area contributed by atoms with Crippen LogP contribution in [0.1, 0.15) is 5.56 Å². The normalized spacial score (nSPS) is 9.27. The first kappa shape index (κ1) is 9.36. The highest BCUT2D eigenvalue weighted by Crippen LogP contribution is 2.21. The van der Waals surface area contributed by atoms with Crippen LogP contribution >= 0.6 is 0 Å². The van der Waals surface area contributed by atoms with Crippen molar-refractivity contribution in [1.29, 1.82) is 0 Å². The summed E-state index contributed by atoms with van der Waals surface area (Å²) in [6, 6.07) is 17.1. The maximum atomic E-state index is 5.63. The Balaban J connectivity index is 2.22. The molecule has 15 heavy (non-hydrogen) atoms. The molecule has 72 valence electrons. The molecule has 1 nitrogen and oxygen atoms in total. The van der Waals surface area contributed by atoms with Crippen molar-refractivity contribution < 1.29 is 4.74 Å². The third-order valence-corrected chi connectivity index (χ3v) is 1.98. The second kappa shape index (κ2) is 4.34. The summed E-state index contributed by atoms with van der Waals surface area (Å²) in [7, 11) is 0. The van der Waals surface area contributed by atoms with E-state index in [4.69, 9.17) is 11.2 Å². The Morgan fingerprint density at radius 1 is 0.867 bits per heavy atom. The molecule has 2 aromatic carbocycles. The molecule has 0 aliphatic rings. The minimum atomic E-state index is 0.761. The number of rotatable bonds is 2. The summed E-state index contributed by atoms with van der Waals surface area (Å²) in [5.41, 5.74) is 0.823. The highest BCUT2D eigenvalue weighted by molar-refractivity contribution is 5.40. The SMILES string of the molecule is C#Cc1cccc(Oc2ccccc2)c1. The van der Waals surface area contributed by atoms with Gasteiger partial charge in [0.15, 0.2) is 0 Å². The Hall–Kier alpha value is -2.20. The van der Waals surface area contributed by atoms with Gasteiger partial charge in [0, 0.05) is 5.56 Å². The maximum absolute atomic E-state index is 5.63. The number of hydrogen-bond acceptors (Lipinski definition) is 1. The van der Waals surface area contributed by atoms with Crippen LogP contribution in [0.5, 0.6) is 11.5 Å². The van der Waals surface area contributed by atoms with Gasteiger partial charge in [0.1, 0.15) is 11.5 Å². The second-order valence-electron chi connectivity index (χ2n) is 3.09. The molecule has 0 heterocycles. The van der Waals surface area contributed by atoms with Crippen molar-refractivity contribution in [3.05, 3.63) is 60.2 Å². The number of terminal acetylenes is 1. The Bertz CT molecular complexity index is 480. The van der Waals surface area contributed by atoms with E-state index in [1.165, 1.54) is 0 Å². The van der Waals surface area contributed by atoms with E-state index in [2.05, 4.69) is 5.92 Å². The fourth-order valence-corrected chi connectivity index (χ4v) is 1.27. The van der Waals surface area contributed by atoms with Crippen LogP contribution in [0.2, 0.25) is 0 Å². The largest absolute Gasteiger partial charge is 0.457 e. The lowest BCUT2D eigenvalue weighted by Crippen LogP contribution is -1.84. The van der Waals surface area contributed by atoms with Crippen LogP contribution in [-0.2, 0) is 0 Å². The van der Waals surface area contributed by atoms with Crippen LogP contribution in [-0.4, -0.2) is 0 Å². The lowest BCUT2D eigenvalue weighted by Gasteiger charge is -2.05. The summed E-state index contributed by atoms with van der Waals surface area (Å²) in [6.45, 7) is 0. The number of hydrogen-bond donors (Lipinski definition) is 0. The number of ether oxygens (including phenoxy) is 1. The predicted molar refractivity (Wildman–Crippen MR) is 60.9 cm³/mol. The lowest BCUT2D eigenvalue weighted by atomic mass is 10.2. The lowest BCUT2D eigenvalue weighted by molar-refractivity contribution is 0.482. The van der Waals surface area contributed by atoms with Crippen LogP contribution in [0.4, 0.5) is 0 Å². The molecule has 2 aromatic rings. The van der Waals surface area contributed by atoms with Gasteiger partial charge in [-0.1, -0.05) is 30.2 Å². The van der Waals surface area contributed by atoms with Gasteiger partial charge >= 0.3 is 0 Å². The average molecular weight is 194 g/mol. The molecule has 0 aliphatic carbocycles. The minimum Gasteiger partial charge on any atom is -0.457 e. The zero-order valence-corrected chi connectivity index (χ0v) is 8.18. The van der Waals surface area contributed by atoms with Gasteiger partial charge in [-0.3, -0.25) is 0 Å². The quantitative estimate of drug-likeness (QED) is 0.665. The molecule has 0 N–H and O–H groups in total. The van der Waals surface area contributed by atoms with Crippen LogP contribution in [0.3, 0.4) is 0 Å². The number of benzene rings is 2. The molecule has 0 saturated heterocycles. The Morgan fingerprint density at radius 2 is 1.60 bits per heavy atom. The fraction of sp³-hybridized carbons (Fsp3) is 0. The van der Waals surface area contributed by atoms with Crippen molar-refractivity contribution in [3.8, 4) is 23.8 Å². The van der Waals surface area contributed by atoms with Crippen molar-refractivity contribution in [1.82, 2.24) is 0 Å². The third-order valence-electron chi connectivity index (χ3n) is 1.98. The second-order valence-corrected chi connectivity index (χ2v) is 3.09. The molecular weight excluding hydrogens is 184 g/mol. The molecule has 0 saturated carbocycles. The van der Waals surface area contributed by atoms with Gasteiger partial charge in [-0.05, 0) is 30.3 Å². The van der Waals surface area contributed by atoms with Gasteiger partial charge in [-0.2, -0.15) is 0 Å². The Labute approximate surface area is 89.3 Å². The summed E-state index contributed by atoms with van der Waals surface area (Å²) in [4.78, 5) is 0.